The predicted octanol–water partition coefficient (Wildman–Crippen LogP) is 28.8. The van der Waals surface area contributed by atoms with Crippen LogP contribution in [0.2, 0.25) is 0 Å². The summed E-state index contributed by atoms with van der Waals surface area (Å²) in [7, 11) is 8.20. The van der Waals surface area contributed by atoms with Crippen molar-refractivity contribution in [2.45, 2.75) is 150 Å². The van der Waals surface area contributed by atoms with E-state index in [0.717, 1.165) is 221 Å². The van der Waals surface area contributed by atoms with Gasteiger partial charge in [-0.1, -0.05) is 169 Å². The maximum absolute atomic E-state index is 9.09. The monoisotopic (exact) mass is 1590 g/mol. The van der Waals surface area contributed by atoms with E-state index in [1.807, 2.05) is 75.2 Å². The lowest BCUT2D eigenvalue weighted by molar-refractivity contribution is -0.660. The van der Waals surface area contributed by atoms with E-state index < -0.39 is 24.5 Å². The number of benzene rings is 12. The molecule has 0 atom stereocenters. The van der Waals surface area contributed by atoms with Crippen LogP contribution in [0.3, 0.4) is 0 Å². The van der Waals surface area contributed by atoms with Gasteiger partial charge in [-0.3, -0.25) is 0 Å². The molecule has 3 aliphatic carbocycles. The van der Waals surface area contributed by atoms with E-state index in [4.69, 9.17) is 25.9 Å². The first-order chi connectivity index (χ1) is 61.2. The molecule has 0 unspecified atom stereocenters. The van der Waals surface area contributed by atoms with Crippen molar-refractivity contribution in [3.8, 4) is 45.0 Å². The molecule has 3 aliphatic rings. The summed E-state index contributed by atoms with van der Waals surface area (Å²) in [5, 5.41) is 18.8. The minimum Gasteiger partial charge on any atom is -0.456 e. The minimum absolute atomic E-state index is 0.103. The molecule has 0 spiro atoms. The van der Waals surface area contributed by atoms with Crippen LogP contribution in [0.5, 0.6) is 0 Å². The Balaban J connectivity index is 0.000000107. The fourth-order valence-corrected chi connectivity index (χ4v) is 19.5. The van der Waals surface area contributed by atoms with E-state index >= 15 is 0 Å². The normalized spacial score (nSPS) is 15.8. The summed E-state index contributed by atoms with van der Waals surface area (Å²) in [4.78, 5) is 0. The van der Waals surface area contributed by atoms with E-state index in [1.165, 1.54) is 77.2 Å². The number of pyridine rings is 4. The van der Waals surface area contributed by atoms with Crippen LogP contribution in [-0.2, 0) is 40.9 Å². The first-order valence-corrected chi connectivity index (χ1v) is 43.7. The van der Waals surface area contributed by atoms with Gasteiger partial charge in [-0.15, -0.1) is 0 Å². The highest BCUT2D eigenvalue weighted by Gasteiger charge is 2.28. The number of hydrogen-bond donors (Lipinski definition) is 0. The number of aryl methyl sites for hydroxylation is 8. The first kappa shape index (κ1) is 70.3. The van der Waals surface area contributed by atoms with Gasteiger partial charge >= 0.3 is 0 Å². The molecule has 3 saturated carbocycles. The van der Waals surface area contributed by atoms with Crippen molar-refractivity contribution in [1.29, 1.82) is 0 Å². The molecule has 3 fully saturated rings. The Bertz CT molecular complexity index is 7570. The smallest absolute Gasteiger partial charge is 0.212 e. The molecular formula is C113H108N4O4+4. The Labute approximate surface area is 717 Å². The predicted molar refractivity (Wildman–Crippen MR) is 502 cm³/mol. The number of nitrogens with zero attached hydrogens (tertiary/aromatic N) is 4. The maximum Gasteiger partial charge on any atom is 0.212 e. The van der Waals surface area contributed by atoms with Gasteiger partial charge in [-0.25, -0.2) is 18.3 Å². The van der Waals surface area contributed by atoms with Crippen molar-refractivity contribution in [3.63, 3.8) is 0 Å². The lowest BCUT2D eigenvalue weighted by atomic mass is 9.84. The highest BCUT2D eigenvalue weighted by Crippen LogP contribution is 2.44. The highest BCUT2D eigenvalue weighted by atomic mass is 16.3. The molecule has 0 N–H and O–H groups in total. The second-order valence-electron chi connectivity index (χ2n) is 34.9. The second-order valence-corrected chi connectivity index (χ2v) is 34.9. The van der Waals surface area contributed by atoms with Gasteiger partial charge in [0.2, 0.25) is 22.8 Å². The van der Waals surface area contributed by atoms with Crippen molar-refractivity contribution in [1.82, 2.24) is 0 Å². The summed E-state index contributed by atoms with van der Waals surface area (Å²) in [6.45, 7) is 12.4. The van der Waals surface area contributed by atoms with Crippen LogP contribution < -0.4 is 18.3 Å². The topological polar surface area (TPSA) is 68.1 Å². The van der Waals surface area contributed by atoms with Crippen LogP contribution in [0.15, 0.2) is 285 Å². The Morgan fingerprint density at radius 3 is 0.876 bits per heavy atom. The summed E-state index contributed by atoms with van der Waals surface area (Å²) in [6, 6.07) is 85.1. The molecule has 20 aromatic rings. The molecule has 0 aliphatic heterocycles. The molecule has 8 aromatic heterocycles. The van der Waals surface area contributed by atoms with Crippen LogP contribution in [0, 0.1) is 39.5 Å². The summed E-state index contributed by atoms with van der Waals surface area (Å²) >= 11 is 0. The Kier molecular flexibility index (Phi) is 18.7. The van der Waals surface area contributed by atoms with Crippen molar-refractivity contribution >= 4 is 131 Å². The van der Waals surface area contributed by atoms with Gasteiger partial charge in [0.05, 0.1) is 22.3 Å². The molecule has 0 saturated heterocycles. The zero-order valence-corrected chi connectivity index (χ0v) is 71.2. The molecule has 600 valence electrons. The molecule has 8 heteroatoms. The van der Waals surface area contributed by atoms with Crippen molar-refractivity contribution in [2.24, 2.45) is 40.0 Å². The third kappa shape index (κ3) is 15.1. The van der Waals surface area contributed by atoms with Gasteiger partial charge in [0, 0.05) is 99.8 Å². The molecule has 12 aromatic carbocycles. The quantitative estimate of drug-likeness (QED) is 0.128. The standard InChI is InChI=1S/2C29H28NO.C28H26NO.C27H26NO/c1-19-13-25-26-16-22-9-5-6-10-23(22)17-28(26)31-29(25)18-24(19)27-15-21(11-12-30(27)2)14-20-7-3-4-8-20;1-19-14-25-26-15-21-10-6-7-11-22(21)17-28(26)31-29(25)18-24(19)27-16-23(12-13-30(27)2)20-8-4-3-5-9-20;1-18-13-24-25-14-20-9-5-6-10-21(20)16-27(25)30-28(24)17-23(18)26-15-22(11-12-29(26)2)19-7-3-4-8-19;1-17(2)11-19-9-10-28(4)25(13-19)22-16-27-23(12-18(22)3)24-14-20-7-5-6-8-21(20)15-26(24)29-27/h5-6,9-13,15-18,20H,3-4,7-8,14H2,1-2H3;6-7,10-18,20H,3-5,8-9H2,1-2H3;5-6,9-17,19H,3-4,7-8H2,1-2H3;5-10,12-17H,11H2,1-4H3/q4*+1/i14D2;20D;19D;11D2. The van der Waals surface area contributed by atoms with E-state index in [0.29, 0.717) is 5.56 Å². The fourth-order valence-electron chi connectivity index (χ4n) is 19.5. The first-order valence-electron chi connectivity index (χ1n) is 46.7. The van der Waals surface area contributed by atoms with Gasteiger partial charge in [0.25, 0.3) is 0 Å². The number of rotatable bonds is 10. The SMILES string of the molecule is [2H]C([2H])(c1cc[n+](C)c(-c2cc3oc4cc5ccccc5cc4c3cc2C)c1)C(C)C.[2H]C([2H])(c1cc[n+](C)c(-c2cc3oc4cc5ccccc5cc4c3cc2C)c1)C1CCCC1.[2H]C1(c2cc[n+](C)c(-c3cc4oc5cc6ccccc6cc5c4cc3C)c2)CCCC1.[2H]C1(c2cc[n+](C)c(-c3cc4oc5cc6ccccc6cc5c4cc3C)c2)CCCCC1. The van der Waals surface area contributed by atoms with Crippen molar-refractivity contribution in [3.05, 3.63) is 312 Å². The highest BCUT2D eigenvalue weighted by molar-refractivity contribution is 6.15. The van der Waals surface area contributed by atoms with E-state index in [9.17, 15) is 0 Å². The van der Waals surface area contributed by atoms with Crippen LogP contribution in [0.4, 0.5) is 0 Å². The fraction of sp³-hybridized carbons (Fsp3) is 0.257. The number of aromatic nitrogens is 4. The zero-order chi connectivity index (χ0) is 87.7. The second kappa shape index (κ2) is 32.2. The van der Waals surface area contributed by atoms with Gasteiger partial charge in [-0.05, 0) is 274 Å². The molecule has 121 heavy (non-hydrogen) atoms. The summed E-state index contributed by atoms with van der Waals surface area (Å²) < 4.78 is 86.5. The Morgan fingerprint density at radius 2 is 0.554 bits per heavy atom. The van der Waals surface area contributed by atoms with E-state index in [2.05, 4.69) is 280 Å². The molecular weight excluding hydrogens is 1480 g/mol. The largest absolute Gasteiger partial charge is 0.456 e. The van der Waals surface area contributed by atoms with Crippen LogP contribution in [0.25, 0.3) is 176 Å². The van der Waals surface area contributed by atoms with Crippen molar-refractivity contribution < 1.29 is 44.2 Å². The average molecular weight is 1590 g/mol. The lowest BCUT2D eigenvalue weighted by Crippen LogP contribution is -2.31. The molecule has 23 rings (SSSR count). The Morgan fingerprint density at radius 1 is 0.298 bits per heavy atom. The van der Waals surface area contributed by atoms with Gasteiger partial charge < -0.3 is 17.7 Å². The number of furan rings is 4. The average Bonchev–Trinajstić information content (AvgIpc) is 1.63. The van der Waals surface area contributed by atoms with Gasteiger partial charge in [0.1, 0.15) is 72.9 Å². The summed E-state index contributed by atoms with van der Waals surface area (Å²) in [5.41, 5.74) is 24.4. The summed E-state index contributed by atoms with van der Waals surface area (Å²) in [6.07, 6.45) is 19.3. The van der Waals surface area contributed by atoms with Gasteiger partial charge in [0.15, 0.2) is 24.8 Å². The molecule has 8 nitrogen and oxygen atoms in total. The minimum atomic E-state index is -1.39. The summed E-state index contributed by atoms with van der Waals surface area (Å²) in [5.74, 6) is -0.911. The molecule has 8 heterocycles. The lowest BCUT2D eigenvalue weighted by Gasteiger charge is -2.21. The third-order valence-corrected chi connectivity index (χ3v) is 26.1. The molecule has 0 radical (unpaired) electrons. The van der Waals surface area contributed by atoms with Crippen LogP contribution in [0.1, 0.15) is 162 Å². The number of fused-ring (bicyclic) bond motifs is 16. The van der Waals surface area contributed by atoms with Gasteiger partial charge in [-0.2, -0.15) is 0 Å². The molecule has 0 bridgehead atoms. The van der Waals surface area contributed by atoms with Crippen LogP contribution >= 0.6 is 0 Å². The zero-order valence-electron chi connectivity index (χ0n) is 77.2. The molecule has 0 amide bonds. The number of hydrogen-bond acceptors (Lipinski definition) is 4. The maximum atomic E-state index is 9.09. The van der Waals surface area contributed by atoms with E-state index in [1.54, 1.807) is 0 Å². The Hall–Kier alpha value is -12.5. The third-order valence-electron chi connectivity index (χ3n) is 26.1. The van der Waals surface area contributed by atoms with E-state index in [-0.39, 0.29) is 11.8 Å². The van der Waals surface area contributed by atoms with Crippen molar-refractivity contribution in [2.75, 3.05) is 0 Å². The van der Waals surface area contributed by atoms with Crippen LogP contribution in [-0.4, -0.2) is 0 Å².